The minimum Gasteiger partial charge on any atom is -0.369 e. The molecule has 7 heteroatoms. The summed E-state index contributed by atoms with van der Waals surface area (Å²) in [6.07, 6.45) is 5.09. The first-order valence-electron chi connectivity index (χ1n) is 7.38. The molecule has 0 amide bonds. The number of halogens is 2. The smallest absolute Gasteiger partial charge is 0.220 e. The summed E-state index contributed by atoms with van der Waals surface area (Å²) in [7, 11) is 0. The van der Waals surface area contributed by atoms with E-state index in [0.717, 1.165) is 36.9 Å². The van der Waals surface area contributed by atoms with Crippen LogP contribution in [0.5, 0.6) is 0 Å². The van der Waals surface area contributed by atoms with Crippen molar-refractivity contribution in [2.45, 2.75) is 44.7 Å². The van der Waals surface area contributed by atoms with E-state index in [1.807, 2.05) is 17.9 Å². The van der Waals surface area contributed by atoms with E-state index in [0.29, 0.717) is 16.0 Å². The number of nitrogens with zero attached hydrogens (tertiary/aromatic N) is 3. The van der Waals surface area contributed by atoms with E-state index in [9.17, 15) is 0 Å². The number of nitrogens with two attached hydrogens (primary N) is 2. The van der Waals surface area contributed by atoms with Crippen molar-refractivity contribution in [1.29, 1.82) is 0 Å². The van der Waals surface area contributed by atoms with Crippen LogP contribution in [-0.4, -0.2) is 17.6 Å². The SMILES string of the molecule is Cc1cc(N2C(N)=NC(N)=NC23CCCCC3)c(Cl)cc1Cl. The zero-order chi connectivity index (χ0) is 15.9. The summed E-state index contributed by atoms with van der Waals surface area (Å²) in [4.78, 5) is 10.7. The Morgan fingerprint density at radius 1 is 1.09 bits per heavy atom. The third-order valence-electron chi connectivity index (χ3n) is 4.32. The molecule has 22 heavy (non-hydrogen) atoms. The molecular formula is C15H19Cl2N5. The highest BCUT2D eigenvalue weighted by Gasteiger charge is 2.43. The molecule has 1 aliphatic heterocycles. The number of rotatable bonds is 1. The van der Waals surface area contributed by atoms with Gasteiger partial charge >= 0.3 is 0 Å². The van der Waals surface area contributed by atoms with E-state index < -0.39 is 5.66 Å². The van der Waals surface area contributed by atoms with E-state index in [4.69, 9.17) is 34.7 Å². The number of aryl methyl sites for hydroxylation is 1. The number of hydrogen-bond acceptors (Lipinski definition) is 5. The molecule has 3 rings (SSSR count). The van der Waals surface area contributed by atoms with Crippen LogP contribution in [0, 0.1) is 6.92 Å². The van der Waals surface area contributed by atoms with Gasteiger partial charge in [0.15, 0.2) is 0 Å². The third-order valence-corrected chi connectivity index (χ3v) is 5.03. The molecule has 4 N–H and O–H groups in total. The van der Waals surface area contributed by atoms with Crippen LogP contribution in [0.25, 0.3) is 0 Å². The van der Waals surface area contributed by atoms with Crippen molar-refractivity contribution in [3.05, 3.63) is 27.7 Å². The van der Waals surface area contributed by atoms with E-state index in [-0.39, 0.29) is 5.96 Å². The van der Waals surface area contributed by atoms with E-state index in [1.54, 1.807) is 6.07 Å². The van der Waals surface area contributed by atoms with Crippen LogP contribution in [0.2, 0.25) is 10.0 Å². The second kappa shape index (κ2) is 5.63. The lowest BCUT2D eigenvalue weighted by molar-refractivity contribution is 0.305. The summed E-state index contributed by atoms with van der Waals surface area (Å²) < 4.78 is 0. The standard InChI is InChI=1S/C15H19Cl2N5/c1-9-7-12(11(17)8-10(9)16)22-14(19)20-13(18)21-15(22)5-3-2-4-6-15/h7-8H,2-6H2,1H3,(H4,18,19,20,21). The molecule has 2 aliphatic rings. The topological polar surface area (TPSA) is 80.0 Å². The molecule has 0 bridgehead atoms. The maximum absolute atomic E-state index is 6.42. The average Bonchev–Trinajstić information content (AvgIpc) is 2.44. The zero-order valence-electron chi connectivity index (χ0n) is 12.4. The molecule has 1 aromatic rings. The van der Waals surface area contributed by atoms with E-state index in [2.05, 4.69) is 9.98 Å². The summed E-state index contributed by atoms with van der Waals surface area (Å²) in [5, 5.41) is 1.16. The minimum absolute atomic E-state index is 0.234. The van der Waals surface area contributed by atoms with Gasteiger partial charge in [0.2, 0.25) is 11.9 Å². The van der Waals surface area contributed by atoms with Gasteiger partial charge < -0.3 is 11.5 Å². The van der Waals surface area contributed by atoms with Crippen LogP contribution in [0.4, 0.5) is 5.69 Å². The molecule has 5 nitrogen and oxygen atoms in total. The van der Waals surface area contributed by atoms with Crippen molar-refractivity contribution in [1.82, 2.24) is 0 Å². The summed E-state index contributed by atoms with van der Waals surface area (Å²) in [5.41, 5.74) is 13.3. The molecule has 1 aliphatic carbocycles. The Labute approximate surface area is 140 Å². The Hall–Kier alpha value is -1.46. The van der Waals surface area contributed by atoms with Crippen LogP contribution in [0.3, 0.4) is 0 Å². The quantitative estimate of drug-likeness (QED) is 0.822. The Kier molecular flexibility index (Phi) is 3.95. The van der Waals surface area contributed by atoms with Crippen LogP contribution in [0.15, 0.2) is 22.1 Å². The Bertz CT molecular complexity index is 662. The van der Waals surface area contributed by atoms with Crippen molar-refractivity contribution in [3.8, 4) is 0 Å². The lowest BCUT2D eigenvalue weighted by Gasteiger charge is -2.46. The van der Waals surface area contributed by atoms with Crippen LogP contribution >= 0.6 is 23.2 Å². The third kappa shape index (κ3) is 2.52. The predicted molar refractivity (Wildman–Crippen MR) is 92.7 cm³/mol. The fraction of sp³-hybridized carbons (Fsp3) is 0.467. The molecule has 0 saturated heterocycles. The van der Waals surface area contributed by atoms with Gasteiger partial charge in [0.05, 0.1) is 10.7 Å². The number of aliphatic imine (C=N–C) groups is 2. The van der Waals surface area contributed by atoms with Crippen molar-refractivity contribution in [2.75, 3.05) is 4.90 Å². The number of guanidine groups is 2. The summed E-state index contributed by atoms with van der Waals surface area (Å²) >= 11 is 12.6. The van der Waals surface area contributed by atoms with Gasteiger partial charge in [0.1, 0.15) is 5.66 Å². The van der Waals surface area contributed by atoms with Gasteiger partial charge in [-0.05, 0) is 50.3 Å². The van der Waals surface area contributed by atoms with Gasteiger partial charge in [-0.2, -0.15) is 4.99 Å². The maximum Gasteiger partial charge on any atom is 0.220 e. The normalized spacial score (nSPS) is 20.8. The fourth-order valence-corrected chi connectivity index (χ4v) is 3.75. The van der Waals surface area contributed by atoms with Gasteiger partial charge in [-0.3, -0.25) is 4.90 Å². The first-order chi connectivity index (χ1) is 10.4. The second-order valence-electron chi connectivity index (χ2n) is 5.87. The van der Waals surface area contributed by atoms with Gasteiger partial charge in [-0.1, -0.05) is 29.6 Å². The lowest BCUT2D eigenvalue weighted by Crippen LogP contribution is -2.58. The second-order valence-corrected chi connectivity index (χ2v) is 6.69. The number of anilines is 1. The molecular weight excluding hydrogens is 321 g/mol. The summed E-state index contributed by atoms with van der Waals surface area (Å²) in [6.45, 7) is 1.94. The monoisotopic (exact) mass is 339 g/mol. The lowest BCUT2D eigenvalue weighted by atomic mass is 9.87. The largest absolute Gasteiger partial charge is 0.369 e. The summed E-state index contributed by atoms with van der Waals surface area (Å²) in [5.74, 6) is 0.565. The molecule has 0 aromatic heterocycles. The Balaban J connectivity index is 2.14. The zero-order valence-corrected chi connectivity index (χ0v) is 14.0. The first-order valence-corrected chi connectivity index (χ1v) is 8.14. The Morgan fingerprint density at radius 3 is 2.45 bits per heavy atom. The molecule has 1 saturated carbocycles. The van der Waals surface area contributed by atoms with Gasteiger partial charge in [0, 0.05) is 5.02 Å². The molecule has 118 valence electrons. The van der Waals surface area contributed by atoms with Gasteiger partial charge in [0.25, 0.3) is 0 Å². The maximum atomic E-state index is 6.42. The van der Waals surface area contributed by atoms with Crippen molar-refractivity contribution >= 4 is 40.8 Å². The van der Waals surface area contributed by atoms with Gasteiger partial charge in [-0.15, -0.1) is 0 Å². The highest BCUT2D eigenvalue weighted by molar-refractivity contribution is 6.37. The highest BCUT2D eigenvalue weighted by atomic mass is 35.5. The van der Waals surface area contributed by atoms with Crippen molar-refractivity contribution < 1.29 is 0 Å². The molecule has 0 unspecified atom stereocenters. The molecule has 0 atom stereocenters. The fourth-order valence-electron chi connectivity index (χ4n) is 3.28. The molecule has 1 aromatic carbocycles. The van der Waals surface area contributed by atoms with Crippen molar-refractivity contribution in [2.24, 2.45) is 21.5 Å². The van der Waals surface area contributed by atoms with Crippen LogP contribution in [-0.2, 0) is 0 Å². The first kappa shape index (κ1) is 15.4. The predicted octanol–water partition coefficient (Wildman–Crippen LogP) is 3.41. The van der Waals surface area contributed by atoms with Gasteiger partial charge in [-0.25, -0.2) is 4.99 Å². The molecule has 1 fully saturated rings. The molecule has 0 radical (unpaired) electrons. The van der Waals surface area contributed by atoms with E-state index in [1.165, 1.54) is 6.42 Å². The van der Waals surface area contributed by atoms with Crippen LogP contribution in [0.1, 0.15) is 37.7 Å². The van der Waals surface area contributed by atoms with E-state index >= 15 is 0 Å². The van der Waals surface area contributed by atoms with Crippen molar-refractivity contribution in [3.63, 3.8) is 0 Å². The minimum atomic E-state index is -0.488. The number of benzene rings is 1. The molecule has 1 heterocycles. The Morgan fingerprint density at radius 2 is 1.77 bits per heavy atom. The molecule has 1 spiro atoms. The number of hydrogen-bond donors (Lipinski definition) is 2. The average molecular weight is 340 g/mol. The summed E-state index contributed by atoms with van der Waals surface area (Å²) in [6, 6.07) is 3.67. The highest BCUT2D eigenvalue weighted by Crippen LogP contribution is 2.42. The van der Waals surface area contributed by atoms with Crippen LogP contribution < -0.4 is 16.4 Å².